The average molecular weight is 539 g/mol. The van der Waals surface area contributed by atoms with Crippen LogP contribution >= 0.6 is 11.8 Å². The minimum absolute atomic E-state index is 0.0435. The van der Waals surface area contributed by atoms with Gasteiger partial charge in [0.15, 0.2) is 11.4 Å². The first-order chi connectivity index (χ1) is 17.4. The Kier molecular flexibility index (Phi) is 6.01. The van der Waals surface area contributed by atoms with Crippen molar-refractivity contribution >= 4 is 28.6 Å². The fraction of sp³-hybridized carbons (Fsp3) is 0.593. The zero-order chi connectivity index (χ0) is 27.0. The Morgan fingerprint density at radius 2 is 1.95 bits per heavy atom. The van der Waals surface area contributed by atoms with Crippen molar-refractivity contribution in [3.63, 3.8) is 0 Å². The van der Waals surface area contributed by atoms with Crippen LogP contribution < -0.4 is 0 Å². The third-order valence-electron chi connectivity index (χ3n) is 9.80. The van der Waals surface area contributed by atoms with Crippen molar-refractivity contribution in [2.75, 3.05) is 6.01 Å². The standard InChI is InChI=1S/C27H29F3O6S/c1-14-9-16-17-12-19(29)18-10-15(31)11-21(32)25(18,3)26(17,30)7-6-24(16,2)27(14,23(34)37-13-28)36-22(33)20-5-4-8-35-20/h4-5,8,10-11,14,16-17,19,31H,6-7,9,12-13H2,1-3H3/t14-,16+,17+,19+,24+,25-,26-,27+/m1/s1. The number of carbonyl (C=O) groups is 3. The van der Waals surface area contributed by atoms with E-state index >= 15 is 8.78 Å². The second-order valence-electron chi connectivity index (χ2n) is 11.1. The van der Waals surface area contributed by atoms with Gasteiger partial charge in [-0.15, -0.1) is 0 Å². The topological polar surface area (TPSA) is 93.8 Å². The highest BCUT2D eigenvalue weighted by Crippen LogP contribution is 2.72. The summed E-state index contributed by atoms with van der Waals surface area (Å²) in [6.45, 7) is 4.81. The van der Waals surface area contributed by atoms with Crippen molar-refractivity contribution in [1.82, 2.24) is 0 Å². The molecule has 8 atom stereocenters. The normalized spacial score (nSPS) is 42.7. The van der Waals surface area contributed by atoms with Crippen molar-refractivity contribution in [3.05, 3.63) is 47.6 Å². The monoisotopic (exact) mass is 538 g/mol. The van der Waals surface area contributed by atoms with Crippen molar-refractivity contribution in [3.8, 4) is 0 Å². The van der Waals surface area contributed by atoms with Crippen LogP contribution in [0.3, 0.4) is 0 Å². The summed E-state index contributed by atoms with van der Waals surface area (Å²) in [4.78, 5) is 39.8. The Morgan fingerprint density at radius 3 is 2.59 bits per heavy atom. The van der Waals surface area contributed by atoms with Gasteiger partial charge >= 0.3 is 5.97 Å². The first-order valence-corrected chi connectivity index (χ1v) is 13.4. The Morgan fingerprint density at radius 1 is 1.22 bits per heavy atom. The molecule has 4 aliphatic carbocycles. The van der Waals surface area contributed by atoms with E-state index in [1.165, 1.54) is 25.3 Å². The number of rotatable bonds is 4. The van der Waals surface area contributed by atoms with Gasteiger partial charge in [-0.3, -0.25) is 9.59 Å². The van der Waals surface area contributed by atoms with Crippen LogP contribution in [0.5, 0.6) is 0 Å². The number of carbonyl (C=O) groups excluding carboxylic acids is 3. The smallest absolute Gasteiger partial charge is 0.375 e. The maximum Gasteiger partial charge on any atom is 0.375 e. The summed E-state index contributed by atoms with van der Waals surface area (Å²) in [5.41, 5.74) is -7.01. The van der Waals surface area contributed by atoms with Crippen LogP contribution in [0.4, 0.5) is 13.2 Å². The third kappa shape index (κ3) is 3.23. The number of ether oxygens (including phenoxy) is 1. The first kappa shape index (κ1) is 26.1. The second kappa shape index (κ2) is 8.51. The van der Waals surface area contributed by atoms with Crippen LogP contribution in [-0.4, -0.2) is 45.4 Å². The molecule has 0 bridgehead atoms. The van der Waals surface area contributed by atoms with Gasteiger partial charge in [0.25, 0.3) is 0 Å². The zero-order valence-corrected chi connectivity index (χ0v) is 21.6. The van der Waals surface area contributed by atoms with Gasteiger partial charge in [-0.2, -0.15) is 0 Å². The second-order valence-corrected chi connectivity index (χ2v) is 12.0. The number of thioether (sulfide) groups is 1. The van der Waals surface area contributed by atoms with E-state index in [-0.39, 0.29) is 37.0 Å². The number of hydrogen-bond acceptors (Lipinski definition) is 7. The van der Waals surface area contributed by atoms with Crippen LogP contribution in [0, 0.1) is 28.6 Å². The minimum atomic E-state index is -2.16. The van der Waals surface area contributed by atoms with E-state index in [2.05, 4.69) is 0 Å². The minimum Gasteiger partial charge on any atom is -0.508 e. The largest absolute Gasteiger partial charge is 0.508 e. The molecule has 6 nitrogen and oxygen atoms in total. The number of fused-ring (bicyclic) bond motifs is 5. The quantitative estimate of drug-likeness (QED) is 0.481. The molecular weight excluding hydrogens is 509 g/mol. The summed E-state index contributed by atoms with van der Waals surface area (Å²) in [5.74, 6) is -4.38. The maximum atomic E-state index is 17.3. The molecule has 4 aliphatic rings. The molecule has 0 aliphatic heterocycles. The van der Waals surface area contributed by atoms with Gasteiger partial charge in [0.1, 0.15) is 23.6 Å². The van der Waals surface area contributed by atoms with Crippen molar-refractivity contribution in [2.24, 2.45) is 28.6 Å². The SMILES string of the molecule is C[C@@H]1C[C@H]2[C@@H]3C[C@H](F)C4=CC(O)=CC(=O)[C@]4(C)[C@@]3(F)CC[C@]2(C)[C@@]1(OC(=O)c1ccco1)C(=O)SCF. The van der Waals surface area contributed by atoms with E-state index in [0.717, 1.165) is 12.2 Å². The van der Waals surface area contributed by atoms with Crippen LogP contribution in [-0.2, 0) is 14.3 Å². The lowest BCUT2D eigenvalue weighted by Crippen LogP contribution is -2.67. The van der Waals surface area contributed by atoms with Gasteiger partial charge in [-0.25, -0.2) is 18.0 Å². The fourth-order valence-electron chi connectivity index (χ4n) is 7.95. The molecule has 1 heterocycles. The van der Waals surface area contributed by atoms with Gasteiger partial charge < -0.3 is 14.3 Å². The Labute approximate surface area is 216 Å². The predicted octanol–water partition coefficient (Wildman–Crippen LogP) is 5.84. The number of aliphatic hydroxyl groups excluding tert-OH is 1. The summed E-state index contributed by atoms with van der Waals surface area (Å²) < 4.78 is 57.5. The molecule has 0 aromatic carbocycles. The van der Waals surface area contributed by atoms with Crippen LogP contribution in [0.2, 0.25) is 0 Å². The van der Waals surface area contributed by atoms with Crippen LogP contribution in [0.15, 0.2) is 46.3 Å². The molecule has 3 fully saturated rings. The summed E-state index contributed by atoms with van der Waals surface area (Å²) in [6.07, 6.45) is 1.48. The predicted molar refractivity (Wildman–Crippen MR) is 129 cm³/mol. The summed E-state index contributed by atoms with van der Waals surface area (Å²) >= 11 is 0.392. The van der Waals surface area contributed by atoms with Gasteiger partial charge in [0.2, 0.25) is 10.9 Å². The number of ketones is 1. The highest BCUT2D eigenvalue weighted by Gasteiger charge is 2.77. The average Bonchev–Trinajstić information content (AvgIpc) is 3.45. The Hall–Kier alpha value is -2.49. The summed E-state index contributed by atoms with van der Waals surface area (Å²) in [5, 5.41) is 9.27. The van der Waals surface area contributed by atoms with E-state index in [0.29, 0.717) is 11.8 Å². The number of alkyl halides is 3. The van der Waals surface area contributed by atoms with Crippen molar-refractivity contribution in [2.45, 2.75) is 63.9 Å². The Balaban J connectivity index is 1.61. The molecule has 0 spiro atoms. The number of esters is 1. The zero-order valence-electron chi connectivity index (χ0n) is 20.8. The van der Waals surface area contributed by atoms with Gasteiger partial charge in [0.05, 0.1) is 11.7 Å². The summed E-state index contributed by atoms with van der Waals surface area (Å²) in [7, 11) is 0. The van der Waals surface area contributed by atoms with Crippen LogP contribution in [0.1, 0.15) is 57.0 Å². The molecular formula is C27H29F3O6S. The number of halogens is 3. The lowest BCUT2D eigenvalue weighted by Gasteiger charge is -2.61. The molecule has 200 valence electrons. The molecule has 0 amide bonds. The van der Waals surface area contributed by atoms with Crippen LogP contribution in [0.25, 0.3) is 0 Å². The third-order valence-corrected chi connectivity index (χ3v) is 10.5. The van der Waals surface area contributed by atoms with E-state index < -0.39 is 74.7 Å². The van der Waals surface area contributed by atoms with E-state index in [4.69, 9.17) is 9.15 Å². The molecule has 10 heteroatoms. The molecule has 1 aromatic rings. The number of allylic oxidation sites excluding steroid dienone is 3. The Bertz CT molecular complexity index is 1210. The highest BCUT2D eigenvalue weighted by atomic mass is 32.2. The first-order valence-electron chi connectivity index (χ1n) is 12.4. The molecule has 1 aromatic heterocycles. The number of furan rings is 1. The molecule has 1 N–H and O–H groups in total. The van der Waals surface area contributed by atoms with E-state index in [1.807, 2.05) is 0 Å². The molecule has 37 heavy (non-hydrogen) atoms. The van der Waals surface area contributed by atoms with E-state index in [9.17, 15) is 23.9 Å². The number of aliphatic hydroxyl groups is 1. The van der Waals surface area contributed by atoms with Gasteiger partial charge in [-0.1, -0.05) is 13.8 Å². The van der Waals surface area contributed by atoms with Gasteiger partial charge in [0, 0.05) is 23.3 Å². The highest BCUT2D eigenvalue weighted by molar-refractivity contribution is 8.13. The molecule has 5 rings (SSSR count). The molecule has 3 saturated carbocycles. The number of hydrogen-bond donors (Lipinski definition) is 1. The molecule has 0 saturated heterocycles. The fourth-order valence-corrected chi connectivity index (χ4v) is 8.74. The molecule has 0 radical (unpaired) electrons. The molecule has 0 unspecified atom stereocenters. The van der Waals surface area contributed by atoms with Crippen molar-refractivity contribution in [1.29, 1.82) is 0 Å². The summed E-state index contributed by atoms with van der Waals surface area (Å²) in [6, 6.07) is 1.84. The van der Waals surface area contributed by atoms with E-state index in [1.54, 1.807) is 13.8 Å². The maximum absolute atomic E-state index is 17.3. The lowest BCUT2D eigenvalue weighted by atomic mass is 9.44. The van der Waals surface area contributed by atoms with Crippen molar-refractivity contribution < 1.29 is 41.8 Å². The van der Waals surface area contributed by atoms with Gasteiger partial charge in [-0.05, 0) is 74.1 Å². The lowest BCUT2D eigenvalue weighted by molar-refractivity contribution is -0.187.